The highest BCUT2D eigenvalue weighted by molar-refractivity contribution is 5.84. The van der Waals surface area contributed by atoms with Gasteiger partial charge in [-0.25, -0.2) is 4.79 Å². The average Bonchev–Trinajstić information content (AvgIpc) is 2.56. The van der Waals surface area contributed by atoms with Crippen LogP contribution in [0.3, 0.4) is 0 Å². The van der Waals surface area contributed by atoms with Crippen LogP contribution in [0.5, 0.6) is 0 Å². The summed E-state index contributed by atoms with van der Waals surface area (Å²) in [7, 11) is 0. The molecule has 0 aromatic carbocycles. The highest BCUT2D eigenvalue weighted by Crippen LogP contribution is 2.45. The van der Waals surface area contributed by atoms with E-state index in [9.17, 15) is 20.1 Å². The highest BCUT2D eigenvalue weighted by atomic mass is 16.6. The second-order valence-corrected chi connectivity index (χ2v) is 9.13. The fraction of sp³-hybridized carbons (Fsp3) is 0.850. The second-order valence-electron chi connectivity index (χ2n) is 9.13. The van der Waals surface area contributed by atoms with Crippen LogP contribution < -0.4 is 0 Å². The molecule has 0 spiro atoms. The van der Waals surface area contributed by atoms with Crippen molar-refractivity contribution in [3.8, 4) is 0 Å². The van der Waals surface area contributed by atoms with Crippen LogP contribution in [0.1, 0.15) is 48.5 Å². The molecule has 3 unspecified atom stereocenters. The number of aliphatic hydroxyl groups is 2. The normalized spacial score (nSPS) is 44.3. The van der Waals surface area contributed by atoms with Crippen molar-refractivity contribution in [1.82, 2.24) is 0 Å². The molecule has 3 N–H and O–H groups in total. The fourth-order valence-corrected chi connectivity index (χ4v) is 3.88. The number of ether oxygens (including phenoxy) is 3. The van der Waals surface area contributed by atoms with Gasteiger partial charge in [0.1, 0.15) is 5.60 Å². The van der Waals surface area contributed by atoms with E-state index in [1.165, 1.54) is 6.08 Å². The van der Waals surface area contributed by atoms with Crippen LogP contribution in [0.4, 0.5) is 0 Å². The van der Waals surface area contributed by atoms with Gasteiger partial charge in [-0.3, -0.25) is 0 Å². The molecule has 0 saturated carbocycles. The van der Waals surface area contributed by atoms with Crippen molar-refractivity contribution in [1.29, 1.82) is 0 Å². The van der Waals surface area contributed by atoms with Crippen molar-refractivity contribution < 1.29 is 34.3 Å². The molecule has 7 heteroatoms. The molecule has 0 aromatic heterocycles. The van der Waals surface area contributed by atoms with Gasteiger partial charge in [-0.1, -0.05) is 20.8 Å². The van der Waals surface area contributed by atoms with Crippen molar-refractivity contribution in [2.75, 3.05) is 13.2 Å². The van der Waals surface area contributed by atoms with Gasteiger partial charge in [-0.2, -0.15) is 0 Å². The maximum atomic E-state index is 11.3. The number of hydrogen-bond donors (Lipinski definition) is 3. The van der Waals surface area contributed by atoms with Gasteiger partial charge in [0.2, 0.25) is 5.76 Å². The molecular weight excluding hydrogens is 352 g/mol. The maximum absolute atomic E-state index is 11.3. The van der Waals surface area contributed by atoms with Crippen molar-refractivity contribution in [2.24, 2.45) is 17.3 Å². The first-order chi connectivity index (χ1) is 12.2. The Morgan fingerprint density at radius 3 is 2.26 bits per heavy atom. The van der Waals surface area contributed by atoms with Crippen molar-refractivity contribution in [2.45, 2.75) is 78.0 Å². The fourth-order valence-electron chi connectivity index (χ4n) is 3.88. The number of carbonyl (C=O) groups is 1. The van der Waals surface area contributed by atoms with Gasteiger partial charge in [0, 0.05) is 17.3 Å². The summed E-state index contributed by atoms with van der Waals surface area (Å²) in [5.41, 5.74) is -2.04. The molecule has 0 aliphatic carbocycles. The molecule has 0 bridgehead atoms. The Hall–Kier alpha value is -1.15. The van der Waals surface area contributed by atoms with Gasteiger partial charge >= 0.3 is 5.97 Å². The average molecular weight is 386 g/mol. The van der Waals surface area contributed by atoms with E-state index in [2.05, 4.69) is 0 Å². The predicted octanol–water partition coefficient (Wildman–Crippen LogP) is 1.96. The largest absolute Gasteiger partial charge is 0.478 e. The van der Waals surface area contributed by atoms with Gasteiger partial charge in [-0.05, 0) is 33.8 Å². The molecule has 2 aliphatic rings. The molecule has 2 rings (SSSR count). The Bertz CT molecular complexity index is 601. The van der Waals surface area contributed by atoms with Gasteiger partial charge in [-0.15, -0.1) is 0 Å². The van der Waals surface area contributed by atoms with Crippen LogP contribution in [0, 0.1) is 17.3 Å². The molecule has 0 radical (unpaired) electrons. The van der Waals surface area contributed by atoms with E-state index in [-0.39, 0.29) is 36.9 Å². The first kappa shape index (κ1) is 22.1. The third-order valence-corrected chi connectivity index (χ3v) is 6.81. The zero-order chi connectivity index (χ0) is 20.8. The van der Waals surface area contributed by atoms with E-state index in [1.54, 1.807) is 13.8 Å². The van der Waals surface area contributed by atoms with Crippen LogP contribution in [-0.4, -0.2) is 64.0 Å². The molecule has 0 amide bonds. The van der Waals surface area contributed by atoms with Gasteiger partial charge < -0.3 is 29.5 Å². The third-order valence-electron chi connectivity index (χ3n) is 6.81. The summed E-state index contributed by atoms with van der Waals surface area (Å²) in [6.45, 7) is 13.6. The van der Waals surface area contributed by atoms with E-state index in [4.69, 9.17) is 14.2 Å². The lowest BCUT2D eigenvalue weighted by Crippen LogP contribution is -2.61. The van der Waals surface area contributed by atoms with Gasteiger partial charge in [0.25, 0.3) is 0 Å². The van der Waals surface area contributed by atoms with Crippen LogP contribution in [0.2, 0.25) is 0 Å². The molecule has 0 aromatic rings. The minimum absolute atomic E-state index is 0.0777. The summed E-state index contributed by atoms with van der Waals surface area (Å²) in [5, 5.41) is 30.3. The first-order valence-electron chi connectivity index (χ1n) is 9.50. The van der Waals surface area contributed by atoms with E-state index in [0.29, 0.717) is 0 Å². The predicted molar refractivity (Wildman–Crippen MR) is 99.1 cm³/mol. The van der Waals surface area contributed by atoms with E-state index in [0.717, 1.165) is 0 Å². The lowest BCUT2D eigenvalue weighted by Gasteiger charge is -2.53. The topological polar surface area (TPSA) is 105 Å². The van der Waals surface area contributed by atoms with E-state index in [1.807, 2.05) is 34.6 Å². The number of carboxylic acids is 1. The van der Waals surface area contributed by atoms with E-state index >= 15 is 0 Å². The third kappa shape index (κ3) is 4.01. The van der Waals surface area contributed by atoms with Crippen LogP contribution >= 0.6 is 0 Å². The Labute approximate surface area is 161 Å². The number of carboxylic acid groups (broad SMARTS) is 1. The molecule has 2 aliphatic heterocycles. The first-order valence-corrected chi connectivity index (χ1v) is 9.50. The minimum atomic E-state index is -1.22. The monoisotopic (exact) mass is 386 g/mol. The number of rotatable bonds is 5. The Kier molecular flexibility index (Phi) is 6.03. The zero-order valence-electron chi connectivity index (χ0n) is 17.4. The Morgan fingerprint density at radius 2 is 1.70 bits per heavy atom. The van der Waals surface area contributed by atoms with Gasteiger partial charge in [0.15, 0.2) is 0 Å². The van der Waals surface area contributed by atoms with Crippen molar-refractivity contribution in [3.05, 3.63) is 11.8 Å². The summed E-state index contributed by atoms with van der Waals surface area (Å²) >= 11 is 0. The number of hydrogen-bond acceptors (Lipinski definition) is 6. The summed E-state index contributed by atoms with van der Waals surface area (Å²) in [6, 6.07) is 0. The lowest BCUT2D eigenvalue weighted by atomic mass is 9.68. The molecule has 7 nitrogen and oxygen atoms in total. The highest BCUT2D eigenvalue weighted by Gasteiger charge is 2.53. The van der Waals surface area contributed by atoms with Crippen molar-refractivity contribution in [3.63, 3.8) is 0 Å². The maximum Gasteiger partial charge on any atom is 0.370 e. The molecule has 156 valence electrons. The SMILES string of the molecule is CC1[C@H](O)[C@](C)(COC[C@@]2(C)OC(C(=O)O)=C[C@@H](O)C2C)C(C)OC1(C)C. The van der Waals surface area contributed by atoms with Crippen LogP contribution in [0.15, 0.2) is 11.8 Å². The smallest absolute Gasteiger partial charge is 0.370 e. The molecular formula is C20H34O7. The second kappa shape index (κ2) is 7.35. The molecule has 1 fully saturated rings. The van der Waals surface area contributed by atoms with Crippen LogP contribution in [0.25, 0.3) is 0 Å². The van der Waals surface area contributed by atoms with Crippen LogP contribution in [-0.2, 0) is 19.0 Å². The zero-order valence-corrected chi connectivity index (χ0v) is 17.4. The van der Waals surface area contributed by atoms with Crippen molar-refractivity contribution >= 4 is 5.97 Å². The molecule has 2 heterocycles. The van der Waals surface area contributed by atoms with Gasteiger partial charge in [0.05, 0.1) is 37.1 Å². The summed E-state index contributed by atoms with van der Waals surface area (Å²) in [5.74, 6) is -1.93. The lowest BCUT2D eigenvalue weighted by molar-refractivity contribution is -0.255. The quantitative estimate of drug-likeness (QED) is 0.663. The Morgan fingerprint density at radius 1 is 1.11 bits per heavy atom. The van der Waals surface area contributed by atoms with E-state index < -0.39 is 34.8 Å². The Balaban J connectivity index is 2.08. The standard InChI is InChI=1S/C20H34O7/c1-11-14(21)8-15(17(23)24)27-20(11,7)10-25-9-19(6)13(3)26-18(4,5)12(2)16(19)22/h8,11-14,16,21-22H,9-10H2,1-7H3,(H,23,24)/t11?,12?,13?,14-,16+,19-,20-/m1/s1. The summed E-state index contributed by atoms with van der Waals surface area (Å²) in [6.07, 6.45) is -0.567. The summed E-state index contributed by atoms with van der Waals surface area (Å²) in [4.78, 5) is 11.3. The summed E-state index contributed by atoms with van der Waals surface area (Å²) < 4.78 is 17.7. The minimum Gasteiger partial charge on any atom is -0.478 e. The molecule has 27 heavy (non-hydrogen) atoms. The number of aliphatic carboxylic acids is 1. The molecule has 1 saturated heterocycles. The number of aliphatic hydroxyl groups excluding tert-OH is 2. The molecule has 7 atom stereocenters.